The van der Waals surface area contributed by atoms with Gasteiger partial charge in [0.05, 0.1) is 12.2 Å². The lowest BCUT2D eigenvalue weighted by molar-refractivity contribution is -0.161. The summed E-state index contributed by atoms with van der Waals surface area (Å²) in [6, 6.07) is 0. The third-order valence-corrected chi connectivity index (χ3v) is 13.3. The molecular formula is C30H50O2. The first-order valence-electron chi connectivity index (χ1n) is 13.9. The van der Waals surface area contributed by atoms with Gasteiger partial charge in [-0.05, 0) is 128 Å². The van der Waals surface area contributed by atoms with E-state index in [1.165, 1.54) is 51.4 Å². The summed E-state index contributed by atoms with van der Waals surface area (Å²) in [4.78, 5) is 0. The van der Waals surface area contributed by atoms with Gasteiger partial charge in [0.25, 0.3) is 0 Å². The Bertz CT molecular complexity index is 786. The van der Waals surface area contributed by atoms with E-state index < -0.39 is 0 Å². The zero-order chi connectivity index (χ0) is 23.3. The van der Waals surface area contributed by atoms with Crippen LogP contribution in [0.25, 0.3) is 0 Å². The molecule has 2 spiro atoms. The average molecular weight is 443 g/mol. The Morgan fingerprint density at radius 3 is 2.22 bits per heavy atom. The van der Waals surface area contributed by atoms with Crippen LogP contribution in [0.5, 0.6) is 0 Å². The van der Waals surface area contributed by atoms with Gasteiger partial charge in [-0.25, -0.2) is 0 Å². The zero-order valence-corrected chi connectivity index (χ0v) is 21.8. The second-order valence-electron chi connectivity index (χ2n) is 14.4. The highest BCUT2D eigenvalue weighted by atomic mass is 16.3. The molecule has 0 radical (unpaired) electrons. The van der Waals surface area contributed by atoms with Crippen molar-refractivity contribution in [2.75, 3.05) is 0 Å². The molecule has 0 aromatic heterocycles. The van der Waals surface area contributed by atoms with E-state index in [9.17, 15) is 10.2 Å². The summed E-state index contributed by atoms with van der Waals surface area (Å²) in [5.74, 6) is 3.08. The van der Waals surface area contributed by atoms with E-state index in [-0.39, 0.29) is 17.6 Å². The van der Waals surface area contributed by atoms with Crippen LogP contribution in [0.3, 0.4) is 0 Å². The van der Waals surface area contributed by atoms with Gasteiger partial charge in [-0.15, -0.1) is 0 Å². The van der Waals surface area contributed by atoms with Gasteiger partial charge >= 0.3 is 0 Å². The first-order valence-corrected chi connectivity index (χ1v) is 13.9. The summed E-state index contributed by atoms with van der Waals surface area (Å²) in [6.07, 6.45) is 13.7. The van der Waals surface area contributed by atoms with Crippen LogP contribution >= 0.6 is 0 Å². The molecular weight excluding hydrogens is 392 g/mol. The fraction of sp³-hybridized carbons (Fsp3) is 0.933. The lowest BCUT2D eigenvalue weighted by Gasteiger charge is -2.63. The molecule has 5 rings (SSSR count). The molecule has 182 valence electrons. The van der Waals surface area contributed by atoms with Gasteiger partial charge in [0.2, 0.25) is 0 Å². The fourth-order valence-electron chi connectivity index (χ4n) is 11.2. The summed E-state index contributed by atoms with van der Waals surface area (Å²) in [5, 5.41) is 21.2. The molecule has 0 bridgehead atoms. The van der Waals surface area contributed by atoms with Gasteiger partial charge < -0.3 is 10.2 Å². The van der Waals surface area contributed by atoms with Crippen LogP contribution in [0, 0.1) is 50.7 Å². The second kappa shape index (κ2) is 7.09. The predicted octanol–water partition coefficient (Wildman–Crippen LogP) is 7.14. The molecule has 0 aromatic rings. The van der Waals surface area contributed by atoms with Crippen molar-refractivity contribution in [2.24, 2.45) is 50.7 Å². The quantitative estimate of drug-likeness (QED) is 0.444. The highest BCUT2D eigenvalue weighted by Gasteiger charge is 2.82. The third-order valence-electron chi connectivity index (χ3n) is 13.3. The van der Waals surface area contributed by atoms with Gasteiger partial charge in [-0.2, -0.15) is 0 Å². The zero-order valence-electron chi connectivity index (χ0n) is 21.8. The molecule has 32 heavy (non-hydrogen) atoms. The largest absolute Gasteiger partial charge is 0.393 e. The van der Waals surface area contributed by atoms with Gasteiger partial charge in [0.15, 0.2) is 0 Å². The second-order valence-corrected chi connectivity index (χ2v) is 14.4. The van der Waals surface area contributed by atoms with Gasteiger partial charge in [0.1, 0.15) is 0 Å². The summed E-state index contributed by atoms with van der Waals surface area (Å²) >= 11 is 0. The average Bonchev–Trinajstić information content (AvgIpc) is 3.31. The summed E-state index contributed by atoms with van der Waals surface area (Å²) in [5.41, 5.74) is 3.03. The Kier molecular flexibility index (Phi) is 5.19. The van der Waals surface area contributed by atoms with Gasteiger partial charge in [-0.1, -0.05) is 46.8 Å². The Morgan fingerprint density at radius 1 is 0.875 bits per heavy atom. The van der Waals surface area contributed by atoms with Crippen molar-refractivity contribution in [3.05, 3.63) is 12.2 Å². The number of aliphatic hydroxyl groups is 2. The summed E-state index contributed by atoms with van der Waals surface area (Å²) in [6.45, 7) is 18.5. The standard InChI is InChI=1S/C30H50O2/c1-19(2)22(31)9-8-20(3)21-12-14-28(7)24-11-10-23-26(4,5)25(32)13-15-29(23)18-30(24,29)17-16-27(21,28)6/h20-25,31-32H,1,8-18H2,2-7H3/t20-,21-,22?,23+,24-,25+,27-,28+,29-,30+/m1/s1. The first kappa shape index (κ1) is 23.4. The molecule has 10 atom stereocenters. The van der Waals surface area contributed by atoms with E-state index >= 15 is 0 Å². The molecule has 5 fully saturated rings. The Hall–Kier alpha value is -0.340. The van der Waals surface area contributed by atoms with Crippen molar-refractivity contribution >= 4 is 0 Å². The van der Waals surface area contributed by atoms with Crippen LogP contribution in [0.4, 0.5) is 0 Å². The topological polar surface area (TPSA) is 40.5 Å². The minimum absolute atomic E-state index is 0.0885. The number of hydrogen-bond acceptors (Lipinski definition) is 2. The molecule has 0 saturated heterocycles. The lowest BCUT2D eigenvalue weighted by atomic mass is 9.41. The molecule has 5 aliphatic rings. The van der Waals surface area contributed by atoms with Gasteiger partial charge in [-0.3, -0.25) is 0 Å². The van der Waals surface area contributed by atoms with Crippen molar-refractivity contribution in [1.29, 1.82) is 0 Å². The van der Waals surface area contributed by atoms with Crippen molar-refractivity contribution in [1.82, 2.24) is 0 Å². The van der Waals surface area contributed by atoms with Crippen LogP contribution in [0.15, 0.2) is 12.2 Å². The molecule has 2 N–H and O–H groups in total. The molecule has 0 amide bonds. The van der Waals surface area contributed by atoms with E-state index in [0.29, 0.717) is 27.6 Å². The molecule has 2 heteroatoms. The van der Waals surface area contributed by atoms with Crippen LogP contribution in [0.1, 0.15) is 112 Å². The monoisotopic (exact) mass is 442 g/mol. The Morgan fingerprint density at radius 2 is 1.53 bits per heavy atom. The van der Waals surface area contributed by atoms with Crippen LogP contribution in [0.2, 0.25) is 0 Å². The third kappa shape index (κ3) is 2.72. The summed E-state index contributed by atoms with van der Waals surface area (Å²) < 4.78 is 0. The first-order chi connectivity index (χ1) is 14.9. The van der Waals surface area contributed by atoms with Crippen LogP contribution < -0.4 is 0 Å². The normalized spacial score (nSPS) is 52.8. The minimum Gasteiger partial charge on any atom is -0.393 e. The molecule has 0 heterocycles. The predicted molar refractivity (Wildman–Crippen MR) is 132 cm³/mol. The SMILES string of the molecule is C=C(C)C(O)CC[C@@H](C)[C@H]1CC[C@@]2(C)[C@H]3CC[C@H]4C(C)(C)[C@@H](O)CC[C@@]45C[C@@]35CC[C@]12C. The smallest absolute Gasteiger partial charge is 0.0744 e. The number of aliphatic hydroxyl groups excluding tert-OH is 2. The maximum Gasteiger partial charge on any atom is 0.0744 e. The molecule has 0 aliphatic heterocycles. The number of rotatable bonds is 5. The van der Waals surface area contributed by atoms with Crippen LogP contribution in [-0.4, -0.2) is 22.4 Å². The van der Waals surface area contributed by atoms with Crippen molar-refractivity contribution < 1.29 is 10.2 Å². The Balaban J connectivity index is 1.39. The van der Waals surface area contributed by atoms with Gasteiger partial charge in [0, 0.05) is 0 Å². The highest BCUT2D eigenvalue weighted by Crippen LogP contribution is 2.89. The van der Waals surface area contributed by atoms with Crippen LogP contribution in [-0.2, 0) is 0 Å². The molecule has 5 saturated carbocycles. The number of fused-ring (bicyclic) bond motifs is 2. The van der Waals surface area contributed by atoms with Crippen molar-refractivity contribution in [2.45, 2.75) is 124 Å². The molecule has 2 nitrogen and oxygen atoms in total. The van der Waals surface area contributed by atoms with E-state index in [1.807, 2.05) is 6.92 Å². The fourth-order valence-corrected chi connectivity index (χ4v) is 11.2. The van der Waals surface area contributed by atoms with E-state index in [2.05, 4.69) is 41.2 Å². The number of hydrogen-bond donors (Lipinski definition) is 2. The van der Waals surface area contributed by atoms with Crippen molar-refractivity contribution in [3.8, 4) is 0 Å². The maximum atomic E-state index is 10.8. The maximum absolute atomic E-state index is 10.8. The summed E-state index contributed by atoms with van der Waals surface area (Å²) in [7, 11) is 0. The Labute approximate surface area is 197 Å². The van der Waals surface area contributed by atoms with Crippen molar-refractivity contribution in [3.63, 3.8) is 0 Å². The molecule has 0 aromatic carbocycles. The lowest BCUT2D eigenvalue weighted by Crippen LogP contribution is -2.57. The highest BCUT2D eigenvalue weighted by molar-refractivity contribution is 5.30. The van der Waals surface area contributed by atoms with E-state index in [0.717, 1.165) is 42.6 Å². The minimum atomic E-state index is -0.334. The van der Waals surface area contributed by atoms with E-state index in [4.69, 9.17) is 0 Å². The molecule has 5 aliphatic carbocycles. The molecule has 1 unspecified atom stereocenters. The van der Waals surface area contributed by atoms with E-state index in [1.54, 1.807) is 0 Å².